The molecule has 2 aromatic carbocycles. The predicted molar refractivity (Wildman–Crippen MR) is 152 cm³/mol. The van der Waals surface area contributed by atoms with Crippen LogP contribution in [0.4, 0.5) is 10.1 Å². The second-order valence-electron chi connectivity index (χ2n) is 9.03. The van der Waals surface area contributed by atoms with Gasteiger partial charge in [0.25, 0.3) is 0 Å². The van der Waals surface area contributed by atoms with Crippen molar-refractivity contribution in [1.29, 1.82) is 0 Å². The Kier molecular flexibility index (Phi) is 7.72. The lowest BCUT2D eigenvalue weighted by atomic mass is 10.0. The van der Waals surface area contributed by atoms with Crippen molar-refractivity contribution in [3.63, 3.8) is 0 Å². The van der Waals surface area contributed by atoms with Gasteiger partial charge in [-0.3, -0.25) is 9.78 Å². The van der Waals surface area contributed by atoms with Crippen molar-refractivity contribution in [3.05, 3.63) is 113 Å². The Morgan fingerprint density at radius 3 is 2.71 bits per heavy atom. The van der Waals surface area contributed by atoms with Crippen LogP contribution in [0.1, 0.15) is 42.4 Å². The van der Waals surface area contributed by atoms with Gasteiger partial charge in [-0.15, -0.1) is 0 Å². The standard InChI is InChI=1S/C29H27ClFN5OS/c1-2-19-8-3-4-9-23(19)33-26(37)14-17-36-28(27(34-29(36)38)24-10-5-6-15-32-24)25-11-7-16-35(25)20-12-13-22(31)21(30)18-20/h3-13,15-16,18,27-28H,2,14,17H2,1H3,(H,33,37)(H,34,38). The summed E-state index contributed by atoms with van der Waals surface area (Å²) in [6.45, 7) is 2.46. The molecule has 2 atom stereocenters. The average molecular weight is 548 g/mol. The number of thiocarbonyl (C=S) groups is 1. The van der Waals surface area contributed by atoms with Crippen LogP contribution in [0.2, 0.25) is 5.02 Å². The molecule has 3 heterocycles. The molecule has 0 aliphatic carbocycles. The van der Waals surface area contributed by atoms with E-state index in [0.29, 0.717) is 11.7 Å². The van der Waals surface area contributed by atoms with Gasteiger partial charge in [0.15, 0.2) is 5.11 Å². The molecule has 0 spiro atoms. The van der Waals surface area contributed by atoms with Crippen molar-refractivity contribution < 1.29 is 9.18 Å². The lowest BCUT2D eigenvalue weighted by molar-refractivity contribution is -0.116. The largest absolute Gasteiger partial charge is 0.352 e. The lowest BCUT2D eigenvalue weighted by Gasteiger charge is -2.29. The first-order valence-corrected chi connectivity index (χ1v) is 13.2. The van der Waals surface area contributed by atoms with Crippen LogP contribution in [0, 0.1) is 5.82 Å². The molecule has 6 nitrogen and oxygen atoms in total. The molecule has 1 aliphatic rings. The van der Waals surface area contributed by atoms with Crippen molar-refractivity contribution >= 4 is 40.5 Å². The number of benzene rings is 2. The minimum atomic E-state index is -0.475. The topological polar surface area (TPSA) is 62.2 Å². The van der Waals surface area contributed by atoms with Crippen molar-refractivity contribution in [2.24, 2.45) is 0 Å². The van der Waals surface area contributed by atoms with E-state index in [4.69, 9.17) is 23.8 Å². The van der Waals surface area contributed by atoms with Crippen LogP contribution in [0.3, 0.4) is 0 Å². The van der Waals surface area contributed by atoms with E-state index in [-0.39, 0.29) is 29.4 Å². The maximum Gasteiger partial charge on any atom is 0.226 e. The fraction of sp³-hybridized carbons (Fsp3) is 0.207. The number of nitrogens with one attached hydrogen (secondary N) is 2. The summed E-state index contributed by atoms with van der Waals surface area (Å²) >= 11 is 11.9. The molecule has 1 fully saturated rings. The Morgan fingerprint density at radius 2 is 1.95 bits per heavy atom. The smallest absolute Gasteiger partial charge is 0.226 e. The van der Waals surface area contributed by atoms with E-state index < -0.39 is 5.82 Å². The molecule has 4 aromatic rings. The zero-order valence-corrected chi connectivity index (χ0v) is 22.3. The summed E-state index contributed by atoms with van der Waals surface area (Å²) in [4.78, 5) is 19.6. The number of anilines is 1. The number of para-hydroxylation sites is 1. The Hall–Kier alpha value is -3.75. The molecule has 9 heteroatoms. The zero-order chi connectivity index (χ0) is 26.6. The van der Waals surface area contributed by atoms with E-state index in [1.807, 2.05) is 70.3 Å². The normalized spacial score (nSPS) is 16.9. The highest BCUT2D eigenvalue weighted by Gasteiger charge is 2.41. The number of rotatable bonds is 8. The number of aryl methyl sites for hydroxylation is 1. The Labute approximate surface area is 231 Å². The summed E-state index contributed by atoms with van der Waals surface area (Å²) in [6, 6.07) is 21.6. The molecule has 2 N–H and O–H groups in total. The zero-order valence-electron chi connectivity index (χ0n) is 20.8. The minimum absolute atomic E-state index is 0.0457. The van der Waals surface area contributed by atoms with Crippen LogP contribution in [0.15, 0.2) is 85.2 Å². The number of amides is 1. The van der Waals surface area contributed by atoms with Crippen LogP contribution in [0.25, 0.3) is 5.69 Å². The number of hydrogen-bond acceptors (Lipinski definition) is 3. The van der Waals surface area contributed by atoms with Gasteiger partial charge in [0.05, 0.1) is 22.8 Å². The van der Waals surface area contributed by atoms with Gasteiger partial charge in [-0.25, -0.2) is 4.39 Å². The van der Waals surface area contributed by atoms with Crippen LogP contribution < -0.4 is 10.6 Å². The van der Waals surface area contributed by atoms with Crippen molar-refractivity contribution in [2.75, 3.05) is 11.9 Å². The monoisotopic (exact) mass is 547 g/mol. The molecule has 38 heavy (non-hydrogen) atoms. The predicted octanol–water partition coefficient (Wildman–Crippen LogP) is 6.23. The molecule has 194 valence electrons. The highest BCUT2D eigenvalue weighted by molar-refractivity contribution is 7.80. The third-order valence-electron chi connectivity index (χ3n) is 6.71. The molecule has 5 rings (SSSR count). The third kappa shape index (κ3) is 5.28. The van der Waals surface area contributed by atoms with E-state index in [1.165, 1.54) is 6.07 Å². The quantitative estimate of drug-likeness (QED) is 0.256. The fourth-order valence-electron chi connectivity index (χ4n) is 4.86. The van der Waals surface area contributed by atoms with Gasteiger partial charge >= 0.3 is 0 Å². The van der Waals surface area contributed by atoms with Gasteiger partial charge < -0.3 is 20.1 Å². The first kappa shape index (κ1) is 25.9. The van der Waals surface area contributed by atoms with E-state index in [0.717, 1.165) is 34.7 Å². The van der Waals surface area contributed by atoms with Crippen LogP contribution in [-0.4, -0.2) is 32.0 Å². The summed E-state index contributed by atoms with van der Waals surface area (Å²) in [5.74, 6) is -0.564. The molecule has 1 amide bonds. The summed E-state index contributed by atoms with van der Waals surface area (Å²) in [5, 5.41) is 7.04. The van der Waals surface area contributed by atoms with Crippen molar-refractivity contribution in [3.8, 4) is 5.69 Å². The Bertz CT molecular complexity index is 1460. The maximum atomic E-state index is 13.9. The highest BCUT2D eigenvalue weighted by atomic mass is 35.5. The van der Waals surface area contributed by atoms with E-state index in [9.17, 15) is 9.18 Å². The van der Waals surface area contributed by atoms with Gasteiger partial charge in [0.1, 0.15) is 5.82 Å². The Balaban J connectivity index is 1.45. The number of nitrogens with zero attached hydrogens (tertiary/aromatic N) is 3. The van der Waals surface area contributed by atoms with Gasteiger partial charge in [-0.1, -0.05) is 42.8 Å². The second kappa shape index (κ2) is 11.3. The van der Waals surface area contributed by atoms with Gasteiger partial charge in [0, 0.05) is 42.4 Å². The summed E-state index contributed by atoms with van der Waals surface area (Å²) < 4.78 is 15.9. The summed E-state index contributed by atoms with van der Waals surface area (Å²) in [5.41, 5.74) is 4.37. The van der Waals surface area contributed by atoms with Crippen LogP contribution in [-0.2, 0) is 11.2 Å². The molecule has 0 saturated carbocycles. The van der Waals surface area contributed by atoms with Crippen LogP contribution >= 0.6 is 23.8 Å². The molecule has 2 aromatic heterocycles. The van der Waals surface area contributed by atoms with E-state index >= 15 is 0 Å². The number of aromatic nitrogens is 2. The second-order valence-corrected chi connectivity index (χ2v) is 9.82. The SMILES string of the molecule is CCc1ccccc1NC(=O)CCN1C(=S)NC(c2ccccn2)C1c1cccn1-c1ccc(F)c(Cl)c1. The van der Waals surface area contributed by atoms with E-state index in [1.54, 1.807) is 18.3 Å². The molecule has 0 radical (unpaired) electrons. The number of carbonyl (C=O) groups is 1. The van der Waals surface area contributed by atoms with Gasteiger partial charge in [-0.2, -0.15) is 0 Å². The molecular formula is C29H27ClFN5OS. The molecular weight excluding hydrogens is 521 g/mol. The first-order chi connectivity index (χ1) is 18.5. The van der Waals surface area contributed by atoms with Crippen molar-refractivity contribution in [2.45, 2.75) is 31.8 Å². The first-order valence-electron chi connectivity index (χ1n) is 12.4. The average Bonchev–Trinajstić information content (AvgIpc) is 3.54. The minimum Gasteiger partial charge on any atom is -0.352 e. The molecule has 2 unspecified atom stereocenters. The number of halogens is 2. The number of hydrogen-bond donors (Lipinski definition) is 2. The van der Waals surface area contributed by atoms with Crippen LogP contribution in [0.5, 0.6) is 0 Å². The fourth-order valence-corrected chi connectivity index (χ4v) is 5.36. The summed E-state index contributed by atoms with van der Waals surface area (Å²) in [6.07, 6.45) is 4.72. The van der Waals surface area contributed by atoms with E-state index in [2.05, 4.69) is 22.5 Å². The molecule has 1 saturated heterocycles. The molecule has 1 aliphatic heterocycles. The maximum absolute atomic E-state index is 13.9. The highest BCUT2D eigenvalue weighted by Crippen LogP contribution is 2.39. The van der Waals surface area contributed by atoms with Gasteiger partial charge in [-0.05, 0) is 72.7 Å². The number of pyridine rings is 1. The summed E-state index contributed by atoms with van der Waals surface area (Å²) in [7, 11) is 0. The Morgan fingerprint density at radius 1 is 1.13 bits per heavy atom. The van der Waals surface area contributed by atoms with Crippen molar-refractivity contribution in [1.82, 2.24) is 19.8 Å². The van der Waals surface area contributed by atoms with Gasteiger partial charge in [0.2, 0.25) is 5.91 Å². The lowest BCUT2D eigenvalue weighted by Crippen LogP contribution is -2.33. The third-order valence-corrected chi connectivity index (χ3v) is 7.36. The molecule has 0 bridgehead atoms. The number of carbonyl (C=O) groups excluding carboxylic acids is 1.